The summed E-state index contributed by atoms with van der Waals surface area (Å²) in [7, 11) is 1.86. The minimum atomic E-state index is -0.0389. The molecule has 0 bridgehead atoms. The zero-order valence-corrected chi connectivity index (χ0v) is 5.88. The van der Waals surface area contributed by atoms with Crippen LogP contribution in [0.4, 0.5) is 0 Å². The average Bonchev–Trinajstić information content (AvgIpc) is 1.90. The van der Waals surface area contributed by atoms with Gasteiger partial charge in [-0.1, -0.05) is 0 Å². The maximum atomic E-state index is 9.08. The number of aliphatic hydroxyl groups is 1. The van der Waals surface area contributed by atoms with E-state index in [-0.39, 0.29) is 6.10 Å². The summed E-state index contributed by atoms with van der Waals surface area (Å²) >= 11 is 0. The molecule has 0 atom stereocenters. The second-order valence-corrected chi connectivity index (χ2v) is 2.72. The van der Waals surface area contributed by atoms with Gasteiger partial charge in [-0.3, -0.25) is 0 Å². The van der Waals surface area contributed by atoms with Crippen LogP contribution in [0.5, 0.6) is 0 Å². The monoisotopic (exact) mass is 128 g/mol. The second-order valence-electron chi connectivity index (χ2n) is 2.72. The van der Waals surface area contributed by atoms with Crippen LogP contribution in [0.25, 0.3) is 0 Å². The molecule has 1 aliphatic carbocycles. The van der Waals surface area contributed by atoms with Crippen LogP contribution in [0.3, 0.4) is 0 Å². The van der Waals surface area contributed by atoms with Gasteiger partial charge in [-0.05, 0) is 25.7 Å². The third kappa shape index (κ3) is 1.95. The molecule has 0 aromatic rings. The van der Waals surface area contributed by atoms with Gasteiger partial charge in [-0.2, -0.15) is 0 Å². The van der Waals surface area contributed by atoms with Crippen molar-refractivity contribution in [2.45, 2.75) is 37.8 Å². The summed E-state index contributed by atoms with van der Waals surface area (Å²) in [5.74, 6) is 0. The summed E-state index contributed by atoms with van der Waals surface area (Å²) in [6.07, 6.45) is 4.02. The lowest BCUT2D eigenvalue weighted by Gasteiger charge is -2.23. The molecule has 0 heterocycles. The number of hydrogen-bond donors (Lipinski definition) is 1. The fourth-order valence-corrected chi connectivity index (χ4v) is 1.32. The van der Waals surface area contributed by atoms with E-state index in [0.29, 0.717) is 6.04 Å². The Morgan fingerprint density at radius 2 is 1.78 bits per heavy atom. The van der Waals surface area contributed by atoms with Crippen LogP contribution in [-0.4, -0.2) is 24.3 Å². The SMILES string of the molecule is C[N][C@H]1CC[C@H](O)CC1. The summed E-state index contributed by atoms with van der Waals surface area (Å²) in [6, 6.07) is 0.536. The Balaban J connectivity index is 2.18. The van der Waals surface area contributed by atoms with E-state index in [2.05, 4.69) is 5.32 Å². The van der Waals surface area contributed by atoms with Gasteiger partial charge >= 0.3 is 0 Å². The molecule has 0 aromatic heterocycles. The molecule has 53 valence electrons. The van der Waals surface area contributed by atoms with Crippen LogP contribution in [0, 0.1) is 0 Å². The fourth-order valence-electron chi connectivity index (χ4n) is 1.32. The van der Waals surface area contributed by atoms with Crippen LogP contribution in [0.15, 0.2) is 0 Å². The van der Waals surface area contributed by atoms with Crippen molar-refractivity contribution >= 4 is 0 Å². The van der Waals surface area contributed by atoms with Crippen molar-refractivity contribution in [3.63, 3.8) is 0 Å². The van der Waals surface area contributed by atoms with Gasteiger partial charge in [0.2, 0.25) is 0 Å². The fraction of sp³-hybridized carbons (Fsp3) is 1.00. The summed E-state index contributed by atoms with van der Waals surface area (Å²) < 4.78 is 0. The lowest BCUT2D eigenvalue weighted by molar-refractivity contribution is 0.118. The predicted octanol–water partition coefficient (Wildman–Crippen LogP) is 0.524. The minimum Gasteiger partial charge on any atom is -0.393 e. The van der Waals surface area contributed by atoms with Crippen molar-refractivity contribution in [2.75, 3.05) is 7.05 Å². The first-order valence-corrected chi connectivity index (χ1v) is 3.60. The lowest BCUT2D eigenvalue weighted by atomic mass is 9.93. The van der Waals surface area contributed by atoms with E-state index in [1.807, 2.05) is 7.05 Å². The van der Waals surface area contributed by atoms with Crippen molar-refractivity contribution in [2.24, 2.45) is 0 Å². The smallest absolute Gasteiger partial charge is 0.0541 e. The molecule has 0 spiro atoms. The first-order chi connectivity index (χ1) is 4.33. The van der Waals surface area contributed by atoms with E-state index < -0.39 is 0 Å². The average molecular weight is 128 g/mol. The molecule has 0 saturated heterocycles. The molecule has 1 N–H and O–H groups in total. The van der Waals surface area contributed by atoms with Crippen LogP contribution < -0.4 is 5.32 Å². The number of hydrogen-bond acceptors (Lipinski definition) is 1. The first kappa shape index (κ1) is 7.03. The van der Waals surface area contributed by atoms with E-state index >= 15 is 0 Å². The predicted molar refractivity (Wildman–Crippen MR) is 36.3 cm³/mol. The molecule has 0 aliphatic heterocycles. The van der Waals surface area contributed by atoms with E-state index in [4.69, 9.17) is 5.11 Å². The normalized spacial score (nSPS) is 36.7. The highest BCUT2D eigenvalue weighted by Crippen LogP contribution is 2.18. The highest BCUT2D eigenvalue weighted by atomic mass is 16.3. The standard InChI is InChI=1S/C7H14NO/c1-8-6-2-4-7(9)5-3-6/h6-7,9H,2-5H2,1H3/t6-,7-. The summed E-state index contributed by atoms with van der Waals surface area (Å²) in [5, 5.41) is 13.3. The molecule has 1 fully saturated rings. The van der Waals surface area contributed by atoms with E-state index in [1.165, 1.54) is 0 Å². The Morgan fingerprint density at radius 3 is 2.22 bits per heavy atom. The molecular formula is C7H14NO. The molecule has 2 nitrogen and oxygen atoms in total. The molecule has 1 saturated carbocycles. The molecule has 1 radical (unpaired) electrons. The van der Waals surface area contributed by atoms with Gasteiger partial charge in [0, 0.05) is 13.1 Å². The zero-order chi connectivity index (χ0) is 6.69. The summed E-state index contributed by atoms with van der Waals surface area (Å²) in [4.78, 5) is 0. The molecule has 1 rings (SSSR count). The lowest BCUT2D eigenvalue weighted by Crippen LogP contribution is -2.27. The Morgan fingerprint density at radius 1 is 1.22 bits per heavy atom. The Bertz CT molecular complexity index is 77.0. The van der Waals surface area contributed by atoms with E-state index in [9.17, 15) is 0 Å². The first-order valence-electron chi connectivity index (χ1n) is 3.60. The topological polar surface area (TPSA) is 34.3 Å². The van der Waals surface area contributed by atoms with Crippen LogP contribution in [0.2, 0.25) is 0 Å². The third-order valence-corrected chi connectivity index (χ3v) is 2.03. The molecule has 2 heteroatoms. The van der Waals surface area contributed by atoms with Crippen molar-refractivity contribution in [1.29, 1.82) is 0 Å². The van der Waals surface area contributed by atoms with Crippen molar-refractivity contribution in [3.05, 3.63) is 0 Å². The van der Waals surface area contributed by atoms with Gasteiger partial charge in [-0.15, -0.1) is 0 Å². The zero-order valence-electron chi connectivity index (χ0n) is 5.88. The van der Waals surface area contributed by atoms with Gasteiger partial charge < -0.3 is 5.11 Å². The summed E-state index contributed by atoms with van der Waals surface area (Å²) in [5.41, 5.74) is 0. The number of rotatable bonds is 1. The second kappa shape index (κ2) is 3.18. The third-order valence-electron chi connectivity index (χ3n) is 2.03. The van der Waals surface area contributed by atoms with Gasteiger partial charge in [0.15, 0.2) is 0 Å². The highest BCUT2D eigenvalue weighted by molar-refractivity contribution is 4.74. The Labute approximate surface area is 56.3 Å². The Kier molecular flexibility index (Phi) is 2.49. The van der Waals surface area contributed by atoms with Crippen molar-refractivity contribution in [1.82, 2.24) is 5.32 Å². The van der Waals surface area contributed by atoms with Crippen LogP contribution in [0.1, 0.15) is 25.7 Å². The van der Waals surface area contributed by atoms with Crippen molar-refractivity contribution < 1.29 is 5.11 Å². The molecule has 0 amide bonds. The Hall–Kier alpha value is -0.0800. The number of nitrogens with zero attached hydrogens (tertiary/aromatic N) is 1. The molecule has 0 unspecified atom stereocenters. The summed E-state index contributed by atoms with van der Waals surface area (Å²) in [6.45, 7) is 0. The molecule has 9 heavy (non-hydrogen) atoms. The van der Waals surface area contributed by atoms with Gasteiger partial charge in [0.25, 0.3) is 0 Å². The highest BCUT2D eigenvalue weighted by Gasteiger charge is 2.17. The maximum absolute atomic E-state index is 9.08. The van der Waals surface area contributed by atoms with E-state index in [1.54, 1.807) is 0 Å². The van der Waals surface area contributed by atoms with E-state index in [0.717, 1.165) is 25.7 Å². The number of aliphatic hydroxyl groups excluding tert-OH is 1. The maximum Gasteiger partial charge on any atom is 0.0541 e. The van der Waals surface area contributed by atoms with Gasteiger partial charge in [0.05, 0.1) is 6.10 Å². The van der Waals surface area contributed by atoms with Gasteiger partial charge in [0.1, 0.15) is 0 Å². The van der Waals surface area contributed by atoms with Crippen molar-refractivity contribution in [3.8, 4) is 0 Å². The molecule has 1 aliphatic rings. The van der Waals surface area contributed by atoms with Crippen LogP contribution in [-0.2, 0) is 0 Å². The molecular weight excluding hydrogens is 114 g/mol. The largest absolute Gasteiger partial charge is 0.393 e. The quantitative estimate of drug-likeness (QED) is 0.549. The van der Waals surface area contributed by atoms with Crippen LogP contribution >= 0.6 is 0 Å². The minimum absolute atomic E-state index is 0.0389. The molecule has 0 aromatic carbocycles. The van der Waals surface area contributed by atoms with Gasteiger partial charge in [-0.25, -0.2) is 5.32 Å².